The Hall–Kier alpha value is -3.10. The predicted molar refractivity (Wildman–Crippen MR) is 109 cm³/mol. The number of sulfonamides is 1. The second-order valence-corrected chi connectivity index (χ2v) is 8.02. The fraction of sp³-hybridized carbons (Fsp3) is 0.0500. The number of nitrogens with one attached hydrogen (secondary N) is 2. The maximum atomic E-state index is 13.7. The van der Waals surface area contributed by atoms with E-state index in [1.165, 1.54) is 42.5 Å². The van der Waals surface area contributed by atoms with Crippen LogP contribution in [0.3, 0.4) is 0 Å². The largest absolute Gasteiger partial charge is 0.484 e. The molecule has 0 spiro atoms. The zero-order chi connectivity index (χ0) is 20.9. The lowest BCUT2D eigenvalue weighted by Gasteiger charge is -2.10. The fourth-order valence-electron chi connectivity index (χ4n) is 2.37. The molecule has 0 aliphatic heterocycles. The summed E-state index contributed by atoms with van der Waals surface area (Å²) in [5, 5.41) is 3.08. The molecule has 0 aromatic heterocycles. The SMILES string of the molecule is O=C(COc1cccc(Cl)c1)Nc1ccc(S(=O)(=O)Nc2ccccc2F)cc1. The molecule has 3 aromatic carbocycles. The quantitative estimate of drug-likeness (QED) is 0.580. The second-order valence-electron chi connectivity index (χ2n) is 5.90. The molecule has 0 fully saturated rings. The summed E-state index contributed by atoms with van der Waals surface area (Å²) in [6, 6.07) is 17.5. The average Bonchev–Trinajstić information content (AvgIpc) is 2.69. The van der Waals surface area contributed by atoms with Crippen LogP contribution in [-0.4, -0.2) is 20.9 Å². The Balaban J connectivity index is 1.60. The highest BCUT2D eigenvalue weighted by Gasteiger charge is 2.16. The molecule has 0 bridgehead atoms. The van der Waals surface area contributed by atoms with E-state index in [1.807, 2.05) is 0 Å². The molecule has 0 heterocycles. The number of hydrogen-bond acceptors (Lipinski definition) is 4. The summed E-state index contributed by atoms with van der Waals surface area (Å²) in [4.78, 5) is 11.9. The number of hydrogen-bond donors (Lipinski definition) is 2. The number of anilines is 2. The van der Waals surface area contributed by atoms with Crippen LogP contribution < -0.4 is 14.8 Å². The topological polar surface area (TPSA) is 84.5 Å². The molecular weight excluding hydrogens is 419 g/mol. The molecule has 3 aromatic rings. The van der Waals surface area contributed by atoms with Gasteiger partial charge in [-0.15, -0.1) is 0 Å². The third kappa shape index (κ3) is 5.69. The Morgan fingerprint density at radius 3 is 2.41 bits per heavy atom. The summed E-state index contributed by atoms with van der Waals surface area (Å²) < 4.78 is 45.9. The molecule has 0 atom stereocenters. The molecule has 29 heavy (non-hydrogen) atoms. The molecule has 0 aliphatic carbocycles. The van der Waals surface area contributed by atoms with E-state index in [4.69, 9.17) is 16.3 Å². The van der Waals surface area contributed by atoms with Crippen molar-refractivity contribution in [3.05, 3.63) is 83.6 Å². The number of halogens is 2. The summed E-state index contributed by atoms with van der Waals surface area (Å²) >= 11 is 5.85. The van der Waals surface area contributed by atoms with Gasteiger partial charge in [0.2, 0.25) is 0 Å². The number of para-hydroxylation sites is 1. The number of rotatable bonds is 7. The molecule has 3 rings (SSSR count). The number of carbonyl (C=O) groups excluding carboxylic acids is 1. The molecule has 150 valence electrons. The summed E-state index contributed by atoms with van der Waals surface area (Å²) in [5.74, 6) is -0.655. The van der Waals surface area contributed by atoms with Crippen molar-refractivity contribution in [3.63, 3.8) is 0 Å². The maximum absolute atomic E-state index is 13.7. The molecule has 0 unspecified atom stereocenters. The molecular formula is C20H16ClFN2O4S. The second kappa shape index (κ2) is 8.93. The van der Waals surface area contributed by atoms with Crippen molar-refractivity contribution in [2.75, 3.05) is 16.6 Å². The first kappa shape index (κ1) is 20.6. The number of carbonyl (C=O) groups is 1. The van der Waals surface area contributed by atoms with Crippen LogP contribution in [0.1, 0.15) is 0 Å². The van der Waals surface area contributed by atoms with Gasteiger partial charge in [0.05, 0.1) is 10.6 Å². The normalized spacial score (nSPS) is 11.0. The monoisotopic (exact) mass is 434 g/mol. The lowest BCUT2D eigenvalue weighted by molar-refractivity contribution is -0.118. The molecule has 6 nitrogen and oxygen atoms in total. The van der Waals surface area contributed by atoms with Crippen molar-refractivity contribution in [1.29, 1.82) is 0 Å². The van der Waals surface area contributed by atoms with Gasteiger partial charge in [-0.25, -0.2) is 12.8 Å². The van der Waals surface area contributed by atoms with E-state index in [9.17, 15) is 17.6 Å². The minimum atomic E-state index is -3.97. The van der Waals surface area contributed by atoms with Crippen LogP contribution in [0.2, 0.25) is 5.02 Å². The molecule has 1 amide bonds. The van der Waals surface area contributed by atoms with E-state index in [2.05, 4.69) is 10.0 Å². The third-order valence-corrected chi connectivity index (χ3v) is 5.35. The van der Waals surface area contributed by atoms with Gasteiger partial charge in [0.1, 0.15) is 11.6 Å². The number of ether oxygens (including phenoxy) is 1. The van der Waals surface area contributed by atoms with E-state index in [0.717, 1.165) is 6.07 Å². The average molecular weight is 435 g/mol. The van der Waals surface area contributed by atoms with Crippen LogP contribution >= 0.6 is 11.6 Å². The minimum absolute atomic E-state index is 0.0751. The van der Waals surface area contributed by atoms with Crippen molar-refractivity contribution in [2.24, 2.45) is 0 Å². The Kier molecular flexibility index (Phi) is 6.36. The van der Waals surface area contributed by atoms with E-state index in [1.54, 1.807) is 24.3 Å². The summed E-state index contributed by atoms with van der Waals surface area (Å²) in [6.07, 6.45) is 0. The standard InChI is InChI=1S/C20H16ClFN2O4S/c21-14-4-3-5-16(12-14)28-13-20(25)23-15-8-10-17(11-9-15)29(26,27)24-19-7-2-1-6-18(19)22/h1-12,24H,13H2,(H,23,25). The van der Waals surface area contributed by atoms with Gasteiger partial charge in [-0.3, -0.25) is 9.52 Å². The smallest absolute Gasteiger partial charge is 0.262 e. The van der Waals surface area contributed by atoms with Crippen molar-refractivity contribution in [2.45, 2.75) is 4.90 Å². The molecule has 0 radical (unpaired) electrons. The number of amides is 1. The fourth-order valence-corrected chi connectivity index (χ4v) is 3.62. The summed E-state index contributed by atoms with van der Waals surface area (Å²) in [6.45, 7) is -0.241. The van der Waals surface area contributed by atoms with Crippen LogP contribution in [-0.2, 0) is 14.8 Å². The van der Waals surface area contributed by atoms with Gasteiger partial charge in [-0.1, -0.05) is 29.8 Å². The zero-order valence-electron chi connectivity index (χ0n) is 14.9. The van der Waals surface area contributed by atoms with Crippen LogP contribution in [0.5, 0.6) is 5.75 Å². The highest BCUT2D eigenvalue weighted by Crippen LogP contribution is 2.20. The van der Waals surface area contributed by atoms with E-state index in [-0.39, 0.29) is 17.2 Å². The lowest BCUT2D eigenvalue weighted by atomic mass is 10.3. The van der Waals surface area contributed by atoms with Crippen molar-refractivity contribution in [1.82, 2.24) is 0 Å². The molecule has 9 heteroatoms. The predicted octanol–water partition coefficient (Wildman–Crippen LogP) is 4.30. The van der Waals surface area contributed by atoms with Crippen LogP contribution in [0.4, 0.5) is 15.8 Å². The zero-order valence-corrected chi connectivity index (χ0v) is 16.5. The first-order valence-corrected chi connectivity index (χ1v) is 10.3. The van der Waals surface area contributed by atoms with Crippen molar-refractivity contribution < 1.29 is 22.3 Å². The van der Waals surface area contributed by atoms with E-state index >= 15 is 0 Å². The Morgan fingerprint density at radius 2 is 1.72 bits per heavy atom. The van der Waals surface area contributed by atoms with Gasteiger partial charge in [-0.2, -0.15) is 0 Å². The van der Waals surface area contributed by atoms with Crippen LogP contribution in [0, 0.1) is 5.82 Å². The van der Waals surface area contributed by atoms with Crippen LogP contribution in [0.25, 0.3) is 0 Å². The first-order chi connectivity index (χ1) is 13.8. The molecule has 0 saturated carbocycles. The van der Waals surface area contributed by atoms with Gasteiger partial charge in [0.25, 0.3) is 15.9 Å². The Labute approximate surface area is 172 Å². The van der Waals surface area contributed by atoms with E-state index < -0.39 is 21.7 Å². The van der Waals surface area contributed by atoms with Gasteiger partial charge in [-0.05, 0) is 54.6 Å². The molecule has 0 saturated heterocycles. The molecule has 0 aliphatic rings. The summed E-state index contributed by atoms with van der Waals surface area (Å²) in [7, 11) is -3.97. The van der Waals surface area contributed by atoms with Crippen LogP contribution in [0.15, 0.2) is 77.7 Å². The van der Waals surface area contributed by atoms with Gasteiger partial charge < -0.3 is 10.1 Å². The van der Waals surface area contributed by atoms with Gasteiger partial charge in [0.15, 0.2) is 6.61 Å². The van der Waals surface area contributed by atoms with Crippen molar-refractivity contribution >= 4 is 38.9 Å². The first-order valence-electron chi connectivity index (χ1n) is 8.39. The van der Waals surface area contributed by atoms with Crippen molar-refractivity contribution in [3.8, 4) is 5.75 Å². The Morgan fingerprint density at radius 1 is 1.00 bits per heavy atom. The number of benzene rings is 3. The van der Waals surface area contributed by atoms with E-state index in [0.29, 0.717) is 16.5 Å². The summed E-state index contributed by atoms with van der Waals surface area (Å²) in [5.41, 5.74) is 0.234. The van der Waals surface area contributed by atoms with Gasteiger partial charge in [0, 0.05) is 10.7 Å². The highest BCUT2D eigenvalue weighted by molar-refractivity contribution is 7.92. The highest BCUT2D eigenvalue weighted by atomic mass is 35.5. The Bertz CT molecular complexity index is 1120. The lowest BCUT2D eigenvalue weighted by Crippen LogP contribution is -2.20. The maximum Gasteiger partial charge on any atom is 0.262 e. The minimum Gasteiger partial charge on any atom is -0.484 e. The molecule has 2 N–H and O–H groups in total. The van der Waals surface area contributed by atoms with Gasteiger partial charge >= 0.3 is 0 Å². The third-order valence-electron chi connectivity index (χ3n) is 3.73.